The summed E-state index contributed by atoms with van der Waals surface area (Å²) < 4.78 is 7.75. The normalized spacial score (nSPS) is 16.1. The van der Waals surface area contributed by atoms with Crippen LogP contribution in [0.25, 0.3) is 11.0 Å². The lowest BCUT2D eigenvalue weighted by atomic mass is 10.2. The van der Waals surface area contributed by atoms with Gasteiger partial charge in [0.1, 0.15) is 11.9 Å². The number of nitrogens with one attached hydrogen (secondary N) is 2. The summed E-state index contributed by atoms with van der Waals surface area (Å²) in [5, 5.41) is 13.9. The van der Waals surface area contributed by atoms with Gasteiger partial charge in [-0.25, -0.2) is 4.98 Å². The number of aromatic amines is 1. The highest BCUT2D eigenvalue weighted by atomic mass is 35.5. The van der Waals surface area contributed by atoms with Crippen molar-refractivity contribution in [2.75, 3.05) is 17.7 Å². The van der Waals surface area contributed by atoms with Crippen LogP contribution in [-0.4, -0.2) is 38.9 Å². The van der Waals surface area contributed by atoms with Crippen LogP contribution >= 0.6 is 23.4 Å². The molecule has 1 amide bonds. The van der Waals surface area contributed by atoms with Crippen molar-refractivity contribution in [3.8, 4) is 6.07 Å². The first-order valence-corrected chi connectivity index (χ1v) is 11.1. The molecule has 30 heavy (non-hydrogen) atoms. The summed E-state index contributed by atoms with van der Waals surface area (Å²) in [4.78, 5) is 20.3. The predicted octanol–water partition coefficient (Wildman–Crippen LogP) is 4.42. The average molecular weight is 444 g/mol. The number of thioether (sulfide) groups is 1. The van der Waals surface area contributed by atoms with Crippen LogP contribution in [0.15, 0.2) is 23.4 Å². The number of nitrogens with zero attached hydrogens (tertiary/aromatic N) is 3. The molecule has 0 bridgehead atoms. The number of aromatic nitrogens is 3. The average Bonchev–Trinajstić information content (AvgIpc) is 3.42. The highest BCUT2D eigenvalue weighted by Gasteiger charge is 2.24. The molecule has 0 aliphatic carbocycles. The fourth-order valence-electron chi connectivity index (χ4n) is 3.68. The number of rotatable bonds is 6. The van der Waals surface area contributed by atoms with Crippen LogP contribution < -0.4 is 5.32 Å². The summed E-state index contributed by atoms with van der Waals surface area (Å²) in [6.45, 7) is 5.26. The maximum Gasteiger partial charge on any atom is 0.235 e. The number of ether oxygens (including phenoxy) is 1. The van der Waals surface area contributed by atoms with Gasteiger partial charge in [-0.2, -0.15) is 5.26 Å². The fraction of sp³-hybridized carbons (Fsp3) is 0.381. The van der Waals surface area contributed by atoms with Gasteiger partial charge in [-0.1, -0.05) is 23.4 Å². The molecule has 3 heterocycles. The molecule has 1 aliphatic heterocycles. The largest absolute Gasteiger partial charge is 0.376 e. The number of hydrogen-bond donors (Lipinski definition) is 2. The van der Waals surface area contributed by atoms with E-state index in [0.29, 0.717) is 28.1 Å². The van der Waals surface area contributed by atoms with Gasteiger partial charge >= 0.3 is 0 Å². The summed E-state index contributed by atoms with van der Waals surface area (Å²) in [6, 6.07) is 7.65. The van der Waals surface area contributed by atoms with Gasteiger partial charge in [0.2, 0.25) is 5.91 Å². The number of halogens is 1. The van der Waals surface area contributed by atoms with Crippen LogP contribution in [0.4, 0.5) is 5.82 Å². The minimum Gasteiger partial charge on any atom is -0.376 e. The van der Waals surface area contributed by atoms with E-state index in [0.717, 1.165) is 41.7 Å². The summed E-state index contributed by atoms with van der Waals surface area (Å²) in [7, 11) is 0. The molecule has 7 nitrogen and oxygen atoms in total. The van der Waals surface area contributed by atoms with Crippen LogP contribution in [0, 0.1) is 25.2 Å². The van der Waals surface area contributed by atoms with E-state index in [1.165, 1.54) is 11.8 Å². The zero-order chi connectivity index (χ0) is 21.3. The topological polar surface area (TPSA) is 95.7 Å². The molecular formula is C21H22ClN5O2S. The second-order valence-corrected chi connectivity index (χ2v) is 8.73. The second kappa shape index (κ2) is 8.72. The van der Waals surface area contributed by atoms with Crippen molar-refractivity contribution in [2.45, 2.75) is 44.5 Å². The van der Waals surface area contributed by atoms with E-state index in [-0.39, 0.29) is 17.8 Å². The zero-order valence-electron chi connectivity index (χ0n) is 16.8. The Morgan fingerprint density at radius 2 is 2.33 bits per heavy atom. The summed E-state index contributed by atoms with van der Waals surface area (Å²) in [5.41, 5.74) is 3.98. The van der Waals surface area contributed by atoms with E-state index < -0.39 is 0 Å². The smallest absolute Gasteiger partial charge is 0.235 e. The van der Waals surface area contributed by atoms with Crippen LogP contribution in [-0.2, 0) is 16.1 Å². The lowest BCUT2D eigenvalue weighted by Crippen LogP contribution is -2.22. The minimum atomic E-state index is -0.193. The summed E-state index contributed by atoms with van der Waals surface area (Å²) in [6.07, 6.45) is 2.13. The lowest BCUT2D eigenvalue weighted by molar-refractivity contribution is -0.113. The fourth-order valence-corrected chi connectivity index (χ4v) is 4.54. The molecule has 3 aromatic rings. The van der Waals surface area contributed by atoms with Gasteiger partial charge in [-0.3, -0.25) is 4.79 Å². The standard InChI is InChI=1S/C21H22ClN5O2S/c1-12-13(2)27(10-15-4-3-7-29-15)20(16(12)9-23)26-19(28)11-30-21-24-17-6-5-14(22)8-18(17)25-21/h5-6,8,15H,3-4,7,10-11H2,1-2H3,(H,24,25)(H,26,28). The van der Waals surface area contributed by atoms with Gasteiger partial charge in [0.15, 0.2) is 5.16 Å². The van der Waals surface area contributed by atoms with Crippen molar-refractivity contribution in [2.24, 2.45) is 0 Å². The zero-order valence-corrected chi connectivity index (χ0v) is 18.4. The SMILES string of the molecule is Cc1c(C#N)c(NC(=O)CSc2nc3ccc(Cl)cc3[nH]2)n(CC2CCCO2)c1C. The number of fused-ring (bicyclic) bond motifs is 1. The minimum absolute atomic E-state index is 0.106. The number of H-pyrrole nitrogens is 1. The molecule has 2 aromatic heterocycles. The summed E-state index contributed by atoms with van der Waals surface area (Å²) >= 11 is 7.31. The van der Waals surface area contributed by atoms with Crippen molar-refractivity contribution in [1.82, 2.24) is 14.5 Å². The molecule has 1 saturated heterocycles. The number of anilines is 1. The molecule has 1 aromatic carbocycles. The Balaban J connectivity index is 1.48. The number of carbonyl (C=O) groups is 1. The maximum absolute atomic E-state index is 12.7. The Labute approximate surface area is 183 Å². The van der Waals surface area contributed by atoms with Crippen molar-refractivity contribution < 1.29 is 9.53 Å². The number of nitriles is 1. The van der Waals surface area contributed by atoms with Crippen molar-refractivity contribution >= 4 is 46.1 Å². The van der Waals surface area contributed by atoms with Gasteiger partial charge in [-0.15, -0.1) is 0 Å². The molecule has 0 radical (unpaired) electrons. The third kappa shape index (κ3) is 4.19. The van der Waals surface area contributed by atoms with Gasteiger partial charge in [0.25, 0.3) is 0 Å². The van der Waals surface area contributed by atoms with E-state index in [4.69, 9.17) is 16.3 Å². The third-order valence-electron chi connectivity index (χ3n) is 5.37. The molecular weight excluding hydrogens is 422 g/mol. The first-order valence-electron chi connectivity index (χ1n) is 9.75. The van der Waals surface area contributed by atoms with Gasteiger partial charge < -0.3 is 19.6 Å². The predicted molar refractivity (Wildman–Crippen MR) is 118 cm³/mol. The van der Waals surface area contributed by atoms with Crippen LogP contribution in [0.5, 0.6) is 0 Å². The van der Waals surface area contributed by atoms with E-state index >= 15 is 0 Å². The van der Waals surface area contributed by atoms with E-state index in [1.54, 1.807) is 12.1 Å². The molecule has 1 unspecified atom stereocenters. The molecule has 1 atom stereocenters. The van der Waals surface area contributed by atoms with Gasteiger partial charge in [0, 0.05) is 17.3 Å². The molecule has 1 fully saturated rings. The quantitative estimate of drug-likeness (QED) is 0.550. The molecule has 0 saturated carbocycles. The first kappa shape index (κ1) is 20.8. The number of imidazole rings is 1. The maximum atomic E-state index is 12.7. The molecule has 2 N–H and O–H groups in total. The molecule has 4 rings (SSSR count). The Morgan fingerprint density at radius 1 is 1.50 bits per heavy atom. The van der Waals surface area contributed by atoms with Crippen molar-refractivity contribution in [3.63, 3.8) is 0 Å². The highest BCUT2D eigenvalue weighted by Crippen LogP contribution is 2.29. The lowest BCUT2D eigenvalue weighted by Gasteiger charge is -2.16. The number of carbonyl (C=O) groups excluding carboxylic acids is 1. The van der Waals surface area contributed by atoms with Crippen LogP contribution in [0.3, 0.4) is 0 Å². The Kier molecular flexibility index (Phi) is 6.04. The Bertz CT molecular complexity index is 1140. The third-order valence-corrected chi connectivity index (χ3v) is 6.48. The monoisotopic (exact) mass is 443 g/mol. The number of hydrogen-bond acceptors (Lipinski definition) is 5. The Hall–Kier alpha value is -2.47. The number of benzene rings is 1. The van der Waals surface area contributed by atoms with Crippen LogP contribution in [0.1, 0.15) is 29.7 Å². The highest BCUT2D eigenvalue weighted by molar-refractivity contribution is 7.99. The van der Waals surface area contributed by atoms with Crippen molar-refractivity contribution in [1.29, 1.82) is 5.26 Å². The van der Waals surface area contributed by atoms with Crippen molar-refractivity contribution in [3.05, 3.63) is 40.0 Å². The molecule has 1 aliphatic rings. The van der Waals surface area contributed by atoms with Gasteiger partial charge in [0.05, 0.1) is 35.0 Å². The molecule has 156 valence electrons. The number of amides is 1. The molecule has 9 heteroatoms. The van der Waals surface area contributed by atoms with E-state index in [1.807, 2.05) is 24.5 Å². The second-order valence-electron chi connectivity index (χ2n) is 7.33. The van der Waals surface area contributed by atoms with Gasteiger partial charge in [-0.05, 0) is 50.5 Å². The van der Waals surface area contributed by atoms with Crippen LogP contribution in [0.2, 0.25) is 5.02 Å². The first-order chi connectivity index (χ1) is 14.5. The summed E-state index contributed by atoms with van der Waals surface area (Å²) in [5.74, 6) is 0.521. The van der Waals surface area contributed by atoms with E-state index in [9.17, 15) is 10.1 Å². The Morgan fingerprint density at radius 3 is 3.07 bits per heavy atom. The molecule has 0 spiro atoms. The van der Waals surface area contributed by atoms with E-state index in [2.05, 4.69) is 21.4 Å².